The Morgan fingerprint density at radius 1 is 1.21 bits per heavy atom. The van der Waals surface area contributed by atoms with Crippen molar-refractivity contribution in [2.75, 3.05) is 44.2 Å². The SMILES string of the molecule is CCc1nc(N2CC[NH+](CCO)CC2)c2oc3ccccc3c2n1. The van der Waals surface area contributed by atoms with Crippen LogP contribution in [0.2, 0.25) is 0 Å². The van der Waals surface area contributed by atoms with Crippen molar-refractivity contribution in [3.8, 4) is 0 Å². The Labute approximate surface area is 140 Å². The van der Waals surface area contributed by atoms with Gasteiger partial charge < -0.3 is 19.3 Å². The van der Waals surface area contributed by atoms with Crippen LogP contribution >= 0.6 is 0 Å². The standard InChI is InChI=1S/C18H22N4O2/c1-2-15-19-16-13-5-3-4-6-14(13)24-17(16)18(20-15)22-9-7-21(8-10-22)11-12-23/h3-6,23H,2,7-12H2,1H3/p+1. The van der Waals surface area contributed by atoms with Gasteiger partial charge in [-0.25, -0.2) is 9.97 Å². The zero-order valence-corrected chi connectivity index (χ0v) is 14.0. The van der Waals surface area contributed by atoms with Crippen molar-refractivity contribution in [2.45, 2.75) is 13.3 Å². The molecule has 6 nitrogen and oxygen atoms in total. The van der Waals surface area contributed by atoms with E-state index in [-0.39, 0.29) is 6.61 Å². The third-order valence-electron chi connectivity index (χ3n) is 4.80. The zero-order chi connectivity index (χ0) is 16.5. The van der Waals surface area contributed by atoms with Crippen LogP contribution in [0.1, 0.15) is 12.7 Å². The van der Waals surface area contributed by atoms with Crippen molar-refractivity contribution >= 4 is 27.9 Å². The number of hydrogen-bond acceptors (Lipinski definition) is 5. The highest BCUT2D eigenvalue weighted by atomic mass is 16.3. The number of aromatic nitrogens is 2. The van der Waals surface area contributed by atoms with Crippen molar-refractivity contribution in [1.29, 1.82) is 0 Å². The van der Waals surface area contributed by atoms with Crippen LogP contribution in [-0.4, -0.2) is 54.4 Å². The van der Waals surface area contributed by atoms with Crippen LogP contribution in [0.5, 0.6) is 0 Å². The molecular weight excluding hydrogens is 304 g/mol. The van der Waals surface area contributed by atoms with Crippen molar-refractivity contribution in [3.05, 3.63) is 30.1 Å². The van der Waals surface area contributed by atoms with Gasteiger partial charge in [0, 0.05) is 11.8 Å². The molecule has 0 bridgehead atoms. The Hall–Kier alpha value is -2.18. The number of fused-ring (bicyclic) bond motifs is 3. The first-order valence-electron chi connectivity index (χ1n) is 8.67. The van der Waals surface area contributed by atoms with Gasteiger partial charge in [-0.05, 0) is 12.1 Å². The summed E-state index contributed by atoms with van der Waals surface area (Å²) in [5.74, 6) is 1.77. The summed E-state index contributed by atoms with van der Waals surface area (Å²) in [6.07, 6.45) is 0.804. The van der Waals surface area contributed by atoms with E-state index in [0.29, 0.717) is 0 Å². The van der Waals surface area contributed by atoms with E-state index in [9.17, 15) is 0 Å². The maximum absolute atomic E-state index is 9.12. The molecule has 0 amide bonds. The molecule has 2 N–H and O–H groups in total. The van der Waals surface area contributed by atoms with E-state index >= 15 is 0 Å². The molecule has 0 atom stereocenters. The van der Waals surface area contributed by atoms with Crippen LogP contribution in [0, 0.1) is 0 Å². The highest BCUT2D eigenvalue weighted by Gasteiger charge is 2.25. The van der Waals surface area contributed by atoms with Crippen molar-refractivity contribution in [3.63, 3.8) is 0 Å². The van der Waals surface area contributed by atoms with Crippen molar-refractivity contribution < 1.29 is 14.4 Å². The van der Waals surface area contributed by atoms with Crippen LogP contribution in [-0.2, 0) is 6.42 Å². The molecule has 24 heavy (non-hydrogen) atoms. The minimum absolute atomic E-state index is 0.247. The van der Waals surface area contributed by atoms with Gasteiger partial charge in [-0.3, -0.25) is 0 Å². The highest BCUT2D eigenvalue weighted by molar-refractivity contribution is 6.05. The topological polar surface area (TPSA) is 66.8 Å². The summed E-state index contributed by atoms with van der Waals surface area (Å²) in [4.78, 5) is 13.2. The number of anilines is 1. The minimum Gasteiger partial charge on any atom is -0.450 e. The lowest BCUT2D eigenvalue weighted by Gasteiger charge is -2.32. The summed E-state index contributed by atoms with van der Waals surface area (Å²) in [6.45, 7) is 7.00. The number of aliphatic hydroxyl groups is 1. The first-order valence-corrected chi connectivity index (χ1v) is 8.67. The maximum Gasteiger partial charge on any atom is 0.196 e. The Morgan fingerprint density at radius 2 is 2.00 bits per heavy atom. The molecule has 1 aromatic carbocycles. The van der Waals surface area contributed by atoms with Gasteiger partial charge in [0.05, 0.1) is 32.8 Å². The number of nitrogens with zero attached hydrogens (tertiary/aromatic N) is 3. The second-order valence-electron chi connectivity index (χ2n) is 6.30. The molecule has 3 aromatic rings. The fourth-order valence-electron chi connectivity index (χ4n) is 3.44. The smallest absolute Gasteiger partial charge is 0.196 e. The minimum atomic E-state index is 0.247. The van der Waals surface area contributed by atoms with Gasteiger partial charge in [-0.15, -0.1) is 0 Å². The van der Waals surface area contributed by atoms with Crippen LogP contribution in [0.4, 0.5) is 5.82 Å². The monoisotopic (exact) mass is 327 g/mol. The number of hydrogen-bond donors (Lipinski definition) is 2. The second-order valence-corrected chi connectivity index (χ2v) is 6.30. The summed E-state index contributed by atoms with van der Waals surface area (Å²) < 4.78 is 6.10. The van der Waals surface area contributed by atoms with Gasteiger partial charge in [0.25, 0.3) is 0 Å². The van der Waals surface area contributed by atoms with Gasteiger partial charge in [0.15, 0.2) is 11.4 Å². The molecule has 1 aliphatic heterocycles. The average molecular weight is 327 g/mol. The molecular formula is C18H23N4O2+. The Morgan fingerprint density at radius 3 is 2.75 bits per heavy atom. The van der Waals surface area contributed by atoms with Crippen molar-refractivity contribution in [2.24, 2.45) is 0 Å². The second kappa shape index (κ2) is 6.37. The Balaban J connectivity index is 1.77. The normalized spacial score (nSPS) is 16.3. The predicted octanol–water partition coefficient (Wildman–Crippen LogP) is 0.636. The van der Waals surface area contributed by atoms with Gasteiger partial charge in [0.2, 0.25) is 0 Å². The summed E-state index contributed by atoms with van der Waals surface area (Å²) >= 11 is 0. The van der Waals surface area contributed by atoms with Crippen LogP contribution in [0.15, 0.2) is 28.7 Å². The van der Waals surface area contributed by atoms with E-state index in [1.807, 2.05) is 18.2 Å². The molecule has 2 aromatic heterocycles. The molecule has 1 fully saturated rings. The van der Waals surface area contributed by atoms with Crippen LogP contribution in [0.25, 0.3) is 22.1 Å². The summed E-state index contributed by atoms with van der Waals surface area (Å²) in [5, 5.41) is 10.2. The number of aryl methyl sites for hydroxylation is 1. The van der Waals surface area contributed by atoms with Gasteiger partial charge >= 0.3 is 0 Å². The zero-order valence-electron chi connectivity index (χ0n) is 14.0. The molecule has 0 saturated carbocycles. The molecule has 1 saturated heterocycles. The summed E-state index contributed by atoms with van der Waals surface area (Å²) in [6, 6.07) is 8.04. The van der Waals surface area contributed by atoms with E-state index in [1.54, 1.807) is 0 Å². The highest BCUT2D eigenvalue weighted by Crippen LogP contribution is 2.32. The molecule has 4 rings (SSSR count). The summed E-state index contributed by atoms with van der Waals surface area (Å²) in [7, 11) is 0. The molecule has 0 radical (unpaired) electrons. The van der Waals surface area contributed by atoms with E-state index in [0.717, 1.165) is 72.9 Å². The quantitative estimate of drug-likeness (QED) is 0.736. The third-order valence-corrected chi connectivity index (χ3v) is 4.80. The fourth-order valence-corrected chi connectivity index (χ4v) is 3.44. The number of aliphatic hydroxyl groups excluding tert-OH is 1. The number of furan rings is 1. The average Bonchev–Trinajstić information content (AvgIpc) is 3.00. The predicted molar refractivity (Wildman–Crippen MR) is 93.6 cm³/mol. The Bertz CT molecular complexity index is 853. The lowest BCUT2D eigenvalue weighted by atomic mass is 10.2. The van der Waals surface area contributed by atoms with E-state index in [2.05, 4.69) is 17.9 Å². The number of benzene rings is 1. The number of para-hydroxylation sites is 1. The molecule has 0 aliphatic carbocycles. The van der Waals surface area contributed by atoms with E-state index in [1.165, 1.54) is 4.90 Å². The third kappa shape index (κ3) is 2.61. The number of quaternary nitrogens is 1. The first kappa shape index (κ1) is 15.4. The largest absolute Gasteiger partial charge is 0.450 e. The number of piperazine rings is 1. The molecule has 1 aliphatic rings. The van der Waals surface area contributed by atoms with Crippen molar-refractivity contribution in [1.82, 2.24) is 9.97 Å². The van der Waals surface area contributed by atoms with Crippen LogP contribution < -0.4 is 9.80 Å². The first-order chi connectivity index (χ1) is 11.8. The molecule has 0 unspecified atom stereocenters. The molecule has 0 spiro atoms. The lowest BCUT2D eigenvalue weighted by Crippen LogP contribution is -3.15. The molecule has 6 heteroatoms. The lowest BCUT2D eigenvalue weighted by molar-refractivity contribution is -0.900. The molecule has 126 valence electrons. The van der Waals surface area contributed by atoms with Gasteiger partial charge in [-0.2, -0.15) is 0 Å². The fraction of sp³-hybridized carbons (Fsp3) is 0.444. The van der Waals surface area contributed by atoms with Gasteiger partial charge in [-0.1, -0.05) is 19.1 Å². The maximum atomic E-state index is 9.12. The molecule has 3 heterocycles. The van der Waals surface area contributed by atoms with E-state index < -0.39 is 0 Å². The Kier molecular flexibility index (Phi) is 4.08. The number of rotatable bonds is 4. The van der Waals surface area contributed by atoms with Crippen LogP contribution in [0.3, 0.4) is 0 Å². The van der Waals surface area contributed by atoms with Gasteiger partial charge in [0.1, 0.15) is 23.5 Å². The summed E-state index contributed by atoms with van der Waals surface area (Å²) in [5.41, 5.74) is 2.57. The van der Waals surface area contributed by atoms with E-state index in [4.69, 9.17) is 19.5 Å². The number of nitrogens with one attached hydrogen (secondary N) is 1.